The van der Waals surface area contributed by atoms with E-state index in [2.05, 4.69) is 27.7 Å². The van der Waals surface area contributed by atoms with E-state index in [9.17, 15) is 4.79 Å². The standard InChI is InChI=1S/C13H25NO2/c1-9(2)13(3,4)12(10-6-7-10)14(5)11(16)8-15/h9-10,12,15H,6-8H2,1-5H3. The Morgan fingerprint density at radius 1 is 1.44 bits per heavy atom. The van der Waals surface area contributed by atoms with Crippen molar-refractivity contribution in [2.45, 2.75) is 46.6 Å². The smallest absolute Gasteiger partial charge is 0.248 e. The Morgan fingerprint density at radius 2 is 1.94 bits per heavy atom. The molecule has 16 heavy (non-hydrogen) atoms. The number of amides is 1. The van der Waals surface area contributed by atoms with Gasteiger partial charge < -0.3 is 10.0 Å². The topological polar surface area (TPSA) is 40.5 Å². The Morgan fingerprint density at radius 3 is 2.25 bits per heavy atom. The van der Waals surface area contributed by atoms with Gasteiger partial charge >= 0.3 is 0 Å². The molecule has 0 radical (unpaired) electrons. The summed E-state index contributed by atoms with van der Waals surface area (Å²) in [5.41, 5.74) is 0.0980. The maximum atomic E-state index is 11.6. The Balaban J connectivity index is 2.86. The molecular weight excluding hydrogens is 202 g/mol. The first-order valence-corrected chi connectivity index (χ1v) is 6.18. The van der Waals surface area contributed by atoms with Gasteiger partial charge in [0.25, 0.3) is 0 Å². The molecule has 1 aliphatic rings. The van der Waals surface area contributed by atoms with Crippen LogP contribution in [0.4, 0.5) is 0 Å². The van der Waals surface area contributed by atoms with Gasteiger partial charge in [0.05, 0.1) is 0 Å². The van der Waals surface area contributed by atoms with Crippen LogP contribution in [0.1, 0.15) is 40.5 Å². The van der Waals surface area contributed by atoms with Gasteiger partial charge in [0.1, 0.15) is 6.61 Å². The van der Waals surface area contributed by atoms with Crippen LogP contribution in [0.2, 0.25) is 0 Å². The molecule has 1 amide bonds. The molecule has 1 N–H and O–H groups in total. The fraction of sp³-hybridized carbons (Fsp3) is 0.923. The number of aliphatic hydroxyl groups is 1. The van der Waals surface area contributed by atoms with Crippen LogP contribution in [0.3, 0.4) is 0 Å². The van der Waals surface area contributed by atoms with E-state index in [0.717, 1.165) is 0 Å². The van der Waals surface area contributed by atoms with Gasteiger partial charge in [0, 0.05) is 13.1 Å². The summed E-state index contributed by atoms with van der Waals surface area (Å²) in [6, 6.07) is 0.257. The van der Waals surface area contributed by atoms with Gasteiger partial charge in [-0.1, -0.05) is 27.7 Å². The molecule has 1 rings (SSSR count). The highest BCUT2D eigenvalue weighted by atomic mass is 16.3. The van der Waals surface area contributed by atoms with E-state index in [1.165, 1.54) is 12.8 Å². The van der Waals surface area contributed by atoms with Crippen molar-refractivity contribution >= 4 is 5.91 Å². The van der Waals surface area contributed by atoms with Crippen LogP contribution in [0, 0.1) is 17.3 Å². The van der Waals surface area contributed by atoms with E-state index < -0.39 is 0 Å². The van der Waals surface area contributed by atoms with Crippen LogP contribution in [0.15, 0.2) is 0 Å². The fourth-order valence-electron chi connectivity index (χ4n) is 2.44. The van der Waals surface area contributed by atoms with E-state index in [4.69, 9.17) is 5.11 Å². The van der Waals surface area contributed by atoms with Crippen LogP contribution in [0.5, 0.6) is 0 Å². The maximum Gasteiger partial charge on any atom is 0.248 e. The largest absolute Gasteiger partial charge is 0.387 e. The molecule has 0 heterocycles. The highest BCUT2D eigenvalue weighted by Crippen LogP contribution is 2.46. The minimum absolute atomic E-state index is 0.0980. The van der Waals surface area contributed by atoms with Gasteiger partial charge in [-0.05, 0) is 30.1 Å². The van der Waals surface area contributed by atoms with Crippen molar-refractivity contribution in [1.29, 1.82) is 0 Å². The van der Waals surface area contributed by atoms with Crippen LogP contribution >= 0.6 is 0 Å². The van der Waals surface area contributed by atoms with Crippen molar-refractivity contribution in [1.82, 2.24) is 4.90 Å². The lowest BCUT2D eigenvalue weighted by atomic mass is 9.72. The van der Waals surface area contributed by atoms with E-state index in [1.54, 1.807) is 4.90 Å². The maximum absolute atomic E-state index is 11.6. The van der Waals surface area contributed by atoms with E-state index in [1.807, 2.05) is 7.05 Å². The van der Waals surface area contributed by atoms with E-state index in [-0.39, 0.29) is 24.0 Å². The summed E-state index contributed by atoms with van der Waals surface area (Å²) >= 11 is 0. The first kappa shape index (κ1) is 13.5. The second kappa shape index (κ2) is 4.74. The molecule has 0 saturated heterocycles. The molecule has 1 fully saturated rings. The summed E-state index contributed by atoms with van der Waals surface area (Å²) < 4.78 is 0. The summed E-state index contributed by atoms with van der Waals surface area (Å²) in [6.07, 6.45) is 2.42. The third-order valence-corrected chi connectivity index (χ3v) is 4.26. The molecule has 1 atom stereocenters. The second-order valence-corrected chi connectivity index (χ2v) is 5.92. The lowest BCUT2D eigenvalue weighted by molar-refractivity contribution is -0.138. The van der Waals surface area contributed by atoms with Crippen molar-refractivity contribution < 1.29 is 9.90 Å². The summed E-state index contributed by atoms with van der Waals surface area (Å²) in [5.74, 6) is 0.982. The number of aliphatic hydroxyl groups excluding tert-OH is 1. The zero-order valence-electron chi connectivity index (χ0n) is 11.2. The van der Waals surface area contributed by atoms with Gasteiger partial charge in [-0.2, -0.15) is 0 Å². The molecule has 3 nitrogen and oxygen atoms in total. The number of hydrogen-bond acceptors (Lipinski definition) is 2. The SMILES string of the molecule is CC(C)C(C)(C)C(C1CC1)N(C)C(=O)CO. The number of nitrogens with zero attached hydrogens (tertiary/aromatic N) is 1. The molecule has 0 aromatic carbocycles. The molecule has 0 aliphatic heterocycles. The average molecular weight is 227 g/mol. The molecule has 94 valence electrons. The molecule has 1 aliphatic carbocycles. The van der Waals surface area contributed by atoms with Crippen LogP contribution < -0.4 is 0 Å². The minimum Gasteiger partial charge on any atom is -0.387 e. The summed E-state index contributed by atoms with van der Waals surface area (Å²) in [7, 11) is 1.83. The minimum atomic E-state index is -0.381. The Labute approximate surface area is 98.8 Å². The van der Waals surface area contributed by atoms with Crippen LogP contribution in [0.25, 0.3) is 0 Å². The average Bonchev–Trinajstić information content (AvgIpc) is 3.00. The van der Waals surface area contributed by atoms with Gasteiger partial charge in [-0.15, -0.1) is 0 Å². The zero-order valence-corrected chi connectivity index (χ0v) is 11.2. The van der Waals surface area contributed by atoms with E-state index >= 15 is 0 Å². The molecular formula is C13H25NO2. The lowest BCUT2D eigenvalue weighted by Gasteiger charge is -2.43. The summed E-state index contributed by atoms with van der Waals surface area (Å²) in [5, 5.41) is 8.97. The number of likely N-dealkylation sites (N-methyl/N-ethyl adjacent to an activating group) is 1. The van der Waals surface area contributed by atoms with Crippen molar-refractivity contribution in [3.63, 3.8) is 0 Å². The molecule has 0 aromatic heterocycles. The second-order valence-electron chi connectivity index (χ2n) is 5.92. The van der Waals surface area contributed by atoms with Crippen molar-refractivity contribution in [3.8, 4) is 0 Å². The fourth-order valence-corrected chi connectivity index (χ4v) is 2.44. The Hall–Kier alpha value is -0.570. The molecule has 1 saturated carbocycles. The van der Waals surface area contributed by atoms with Gasteiger partial charge in [-0.3, -0.25) is 4.79 Å². The third-order valence-electron chi connectivity index (χ3n) is 4.26. The van der Waals surface area contributed by atoms with Gasteiger partial charge in [0.15, 0.2) is 0 Å². The monoisotopic (exact) mass is 227 g/mol. The van der Waals surface area contributed by atoms with Gasteiger partial charge in [-0.25, -0.2) is 0 Å². The molecule has 1 unspecified atom stereocenters. The number of carbonyl (C=O) groups is 1. The quantitative estimate of drug-likeness (QED) is 0.779. The molecule has 0 spiro atoms. The van der Waals surface area contributed by atoms with Crippen LogP contribution in [-0.2, 0) is 4.79 Å². The Kier molecular flexibility index (Phi) is 4.00. The predicted molar refractivity (Wildman–Crippen MR) is 65.0 cm³/mol. The first-order valence-electron chi connectivity index (χ1n) is 6.18. The Bertz CT molecular complexity index is 257. The summed E-state index contributed by atoms with van der Waals surface area (Å²) in [4.78, 5) is 13.4. The number of hydrogen-bond donors (Lipinski definition) is 1. The highest BCUT2D eigenvalue weighted by molar-refractivity contribution is 5.77. The van der Waals surface area contributed by atoms with Crippen molar-refractivity contribution in [3.05, 3.63) is 0 Å². The first-order chi connectivity index (χ1) is 7.32. The summed E-state index contributed by atoms with van der Waals surface area (Å²) in [6.45, 7) is 8.47. The predicted octanol–water partition coefficient (Wildman–Crippen LogP) is 1.90. The lowest BCUT2D eigenvalue weighted by Crippen LogP contribution is -2.50. The van der Waals surface area contributed by atoms with E-state index in [0.29, 0.717) is 11.8 Å². The zero-order chi connectivity index (χ0) is 12.5. The van der Waals surface area contributed by atoms with Crippen LogP contribution in [-0.4, -0.2) is 35.6 Å². The molecule has 0 aromatic rings. The number of carbonyl (C=O) groups excluding carboxylic acids is 1. The third kappa shape index (κ3) is 2.57. The van der Waals surface area contributed by atoms with Crippen molar-refractivity contribution in [2.24, 2.45) is 17.3 Å². The number of rotatable bonds is 5. The highest BCUT2D eigenvalue weighted by Gasteiger charge is 2.45. The normalized spacial score (nSPS) is 18.7. The molecule has 3 heteroatoms. The van der Waals surface area contributed by atoms with Crippen molar-refractivity contribution in [2.75, 3.05) is 13.7 Å². The van der Waals surface area contributed by atoms with Gasteiger partial charge in [0.2, 0.25) is 5.91 Å². The molecule has 0 bridgehead atoms.